The van der Waals surface area contributed by atoms with E-state index in [0.717, 1.165) is 10.9 Å². The molecule has 0 radical (unpaired) electrons. The van der Waals surface area contributed by atoms with Crippen LogP contribution in [0.1, 0.15) is 33.2 Å². The first-order chi connectivity index (χ1) is 16.3. The first-order valence-corrected chi connectivity index (χ1v) is 11.9. The number of carbonyl (C=O) groups is 2. The molecule has 0 saturated carbocycles. The number of sulfonamides is 1. The quantitative estimate of drug-likeness (QED) is 0.332. The Hall–Kier alpha value is -4.24. The molecule has 5 rings (SSSR count). The fraction of sp³-hybridized carbons (Fsp3) is 0.0800. The smallest absolute Gasteiger partial charge is 0.338 e. The van der Waals surface area contributed by atoms with Crippen molar-refractivity contribution in [2.45, 2.75) is 17.9 Å². The number of ketones is 1. The zero-order valence-corrected chi connectivity index (χ0v) is 18.8. The minimum Gasteiger partial charge on any atom is -0.451 e. The van der Waals surface area contributed by atoms with Crippen molar-refractivity contribution < 1.29 is 22.7 Å². The summed E-state index contributed by atoms with van der Waals surface area (Å²) in [4.78, 5) is 28.6. The van der Waals surface area contributed by atoms with Gasteiger partial charge in [-0.15, -0.1) is 4.40 Å². The molecule has 0 aliphatic carbocycles. The van der Waals surface area contributed by atoms with Crippen LogP contribution in [0.2, 0.25) is 0 Å². The Morgan fingerprint density at radius 3 is 2.47 bits per heavy atom. The van der Waals surface area contributed by atoms with Gasteiger partial charge in [-0.05, 0) is 49.4 Å². The van der Waals surface area contributed by atoms with Gasteiger partial charge in [0.05, 0.1) is 5.56 Å². The number of hydrogen-bond donors (Lipinski definition) is 2. The molecule has 9 heteroatoms. The topological polar surface area (TPSA) is 118 Å². The van der Waals surface area contributed by atoms with Gasteiger partial charge in [0.25, 0.3) is 10.0 Å². The fourth-order valence-electron chi connectivity index (χ4n) is 3.80. The van der Waals surface area contributed by atoms with Crippen molar-refractivity contribution in [1.82, 2.24) is 4.98 Å². The monoisotopic (exact) mass is 473 g/mol. The summed E-state index contributed by atoms with van der Waals surface area (Å²) in [5.41, 5.74) is 2.57. The van der Waals surface area contributed by atoms with Crippen LogP contribution in [0.25, 0.3) is 10.9 Å². The van der Waals surface area contributed by atoms with E-state index in [1.807, 2.05) is 24.3 Å². The van der Waals surface area contributed by atoms with Gasteiger partial charge in [-0.2, -0.15) is 8.42 Å². The zero-order valence-electron chi connectivity index (χ0n) is 18.0. The van der Waals surface area contributed by atoms with E-state index in [-0.39, 0.29) is 22.1 Å². The van der Waals surface area contributed by atoms with E-state index in [1.165, 1.54) is 25.1 Å². The van der Waals surface area contributed by atoms with Gasteiger partial charge in [-0.25, -0.2) is 4.79 Å². The Bertz CT molecular complexity index is 1570. The zero-order chi connectivity index (χ0) is 23.9. The number of benzene rings is 3. The van der Waals surface area contributed by atoms with Gasteiger partial charge in [-0.3, -0.25) is 4.79 Å². The maximum absolute atomic E-state index is 12.8. The molecule has 1 aromatic heterocycles. The summed E-state index contributed by atoms with van der Waals surface area (Å²) in [7, 11) is -3.73. The van der Waals surface area contributed by atoms with Crippen LogP contribution in [0, 0.1) is 0 Å². The summed E-state index contributed by atoms with van der Waals surface area (Å²) in [5.74, 6) is -0.731. The van der Waals surface area contributed by atoms with Gasteiger partial charge in [0.15, 0.2) is 11.9 Å². The highest BCUT2D eigenvalue weighted by molar-refractivity contribution is 7.90. The number of fused-ring (bicyclic) bond motifs is 2. The third-order valence-corrected chi connectivity index (χ3v) is 6.86. The number of carbonyl (C=O) groups excluding carboxylic acids is 2. The van der Waals surface area contributed by atoms with E-state index in [4.69, 9.17) is 4.74 Å². The lowest BCUT2D eigenvalue weighted by atomic mass is 10.1. The predicted octanol–water partition coefficient (Wildman–Crippen LogP) is 4.16. The summed E-state index contributed by atoms with van der Waals surface area (Å²) in [6, 6.07) is 20.2. The minimum absolute atomic E-state index is 0.145. The van der Waals surface area contributed by atoms with Crippen LogP contribution in [0.5, 0.6) is 0 Å². The average molecular weight is 474 g/mol. The van der Waals surface area contributed by atoms with Crippen molar-refractivity contribution in [2.75, 3.05) is 5.32 Å². The number of anilines is 1. The molecular weight excluding hydrogens is 454 g/mol. The van der Waals surface area contributed by atoms with Gasteiger partial charge < -0.3 is 15.0 Å². The molecule has 1 aliphatic rings. The van der Waals surface area contributed by atoms with Gasteiger partial charge >= 0.3 is 5.97 Å². The minimum atomic E-state index is -3.73. The number of nitrogens with zero attached hydrogens (tertiary/aromatic N) is 1. The lowest BCUT2D eigenvalue weighted by Crippen LogP contribution is -2.24. The second-order valence-electron chi connectivity index (χ2n) is 7.77. The van der Waals surface area contributed by atoms with Crippen LogP contribution in [-0.2, 0) is 14.8 Å². The summed E-state index contributed by atoms with van der Waals surface area (Å²) in [6.45, 7) is 1.54. The van der Waals surface area contributed by atoms with Crippen LogP contribution < -0.4 is 5.32 Å². The third kappa shape index (κ3) is 3.86. The van der Waals surface area contributed by atoms with Gasteiger partial charge in [0.2, 0.25) is 5.78 Å². The van der Waals surface area contributed by atoms with Crippen LogP contribution in [0.3, 0.4) is 0 Å². The summed E-state index contributed by atoms with van der Waals surface area (Å²) < 4.78 is 33.6. The predicted molar refractivity (Wildman–Crippen MR) is 128 cm³/mol. The maximum atomic E-state index is 12.8. The normalized spacial score (nSPS) is 14.8. The SMILES string of the molecule is CC(OC(=O)c1ccc(NC2=NS(=O)(=O)c3ccccc32)cc1)C(=O)c1c[nH]c2ccccc12. The second kappa shape index (κ2) is 8.27. The first-order valence-electron chi connectivity index (χ1n) is 10.5. The summed E-state index contributed by atoms with van der Waals surface area (Å²) in [5, 5.41) is 3.74. The number of Topliss-reactive ketones (excluding diaryl/α,β-unsaturated/α-hetero) is 1. The lowest BCUT2D eigenvalue weighted by Gasteiger charge is -2.12. The molecule has 0 fully saturated rings. The molecule has 2 N–H and O–H groups in total. The third-order valence-electron chi connectivity index (χ3n) is 5.52. The van der Waals surface area contributed by atoms with Crippen molar-refractivity contribution in [2.24, 2.45) is 4.40 Å². The standard InChI is InChI=1S/C25H19N3O5S/c1-15(23(29)20-14-26-21-8-4-2-6-18(20)21)33-25(30)16-10-12-17(13-11-16)27-24-19-7-3-5-9-22(19)34(31,32)28-24/h2-15,26H,1H3,(H,27,28). The average Bonchev–Trinajstić information content (AvgIpc) is 3.38. The number of hydrogen-bond acceptors (Lipinski definition) is 6. The molecule has 1 aliphatic heterocycles. The second-order valence-corrected chi connectivity index (χ2v) is 9.35. The number of aromatic nitrogens is 1. The number of nitrogens with one attached hydrogen (secondary N) is 2. The molecule has 0 bridgehead atoms. The summed E-state index contributed by atoms with van der Waals surface area (Å²) in [6.07, 6.45) is 0.640. The fourth-order valence-corrected chi connectivity index (χ4v) is 4.97. The van der Waals surface area contributed by atoms with E-state index in [2.05, 4.69) is 14.7 Å². The van der Waals surface area contributed by atoms with Gasteiger partial charge in [0, 0.05) is 33.9 Å². The molecule has 0 spiro atoms. The van der Waals surface area contributed by atoms with E-state index in [0.29, 0.717) is 16.8 Å². The van der Waals surface area contributed by atoms with Crippen molar-refractivity contribution in [3.63, 3.8) is 0 Å². The van der Waals surface area contributed by atoms with Gasteiger partial charge in [0.1, 0.15) is 4.90 Å². The Morgan fingerprint density at radius 2 is 1.68 bits per heavy atom. The molecular formula is C25H19N3O5S. The van der Waals surface area contributed by atoms with Crippen molar-refractivity contribution >= 4 is 44.2 Å². The van der Waals surface area contributed by atoms with E-state index >= 15 is 0 Å². The number of para-hydroxylation sites is 1. The molecule has 1 unspecified atom stereocenters. The maximum Gasteiger partial charge on any atom is 0.338 e. The van der Waals surface area contributed by atoms with Crippen molar-refractivity contribution in [3.8, 4) is 0 Å². The highest BCUT2D eigenvalue weighted by Gasteiger charge is 2.28. The number of ether oxygens (including phenoxy) is 1. The first kappa shape index (κ1) is 21.6. The highest BCUT2D eigenvalue weighted by Crippen LogP contribution is 2.27. The lowest BCUT2D eigenvalue weighted by molar-refractivity contribution is 0.0319. The highest BCUT2D eigenvalue weighted by atomic mass is 32.2. The van der Waals surface area contributed by atoms with Crippen molar-refractivity contribution in [1.29, 1.82) is 0 Å². The molecule has 4 aromatic rings. The Balaban J connectivity index is 1.27. The van der Waals surface area contributed by atoms with Crippen LogP contribution in [0.4, 0.5) is 5.69 Å². The van der Waals surface area contributed by atoms with E-state index in [9.17, 15) is 18.0 Å². The molecule has 1 atom stereocenters. The van der Waals surface area contributed by atoms with Crippen molar-refractivity contribution in [3.05, 3.63) is 95.7 Å². The number of rotatable bonds is 5. The van der Waals surface area contributed by atoms with Crippen LogP contribution >= 0.6 is 0 Å². The molecule has 34 heavy (non-hydrogen) atoms. The number of H-pyrrole nitrogens is 1. The molecule has 8 nitrogen and oxygen atoms in total. The Labute approximate surface area is 195 Å². The number of esters is 1. The van der Waals surface area contributed by atoms with E-state index in [1.54, 1.807) is 36.5 Å². The number of amidine groups is 1. The number of aromatic amines is 1. The summed E-state index contributed by atoms with van der Waals surface area (Å²) >= 11 is 0. The van der Waals surface area contributed by atoms with Gasteiger partial charge in [-0.1, -0.05) is 30.3 Å². The Morgan fingerprint density at radius 1 is 0.971 bits per heavy atom. The largest absolute Gasteiger partial charge is 0.451 e. The molecule has 170 valence electrons. The van der Waals surface area contributed by atoms with Crippen LogP contribution in [0.15, 0.2) is 88.3 Å². The Kier molecular flexibility index (Phi) is 5.25. The van der Waals surface area contributed by atoms with E-state index < -0.39 is 22.1 Å². The molecule has 3 aromatic carbocycles. The molecule has 0 amide bonds. The van der Waals surface area contributed by atoms with Crippen LogP contribution in [-0.4, -0.2) is 37.1 Å². The molecule has 2 heterocycles. The molecule has 0 saturated heterocycles.